The highest BCUT2D eigenvalue weighted by molar-refractivity contribution is 5.78. The van der Waals surface area contributed by atoms with E-state index in [0.717, 1.165) is 22.4 Å². The molecule has 0 radical (unpaired) electrons. The average molecular weight is 457 g/mol. The molecule has 0 fully saturated rings. The van der Waals surface area contributed by atoms with E-state index in [9.17, 15) is 9.90 Å². The SMILES string of the molecule is C=Cc1ccc(C(O)C(=O)Oc2ccc(C=CC=Cc3ccc(OC(C)OC)cc3)cc2)cc1. The number of allylic oxidation sites excluding steroid dienone is 2. The van der Waals surface area contributed by atoms with E-state index in [2.05, 4.69) is 6.58 Å². The molecule has 0 amide bonds. The number of benzene rings is 3. The highest BCUT2D eigenvalue weighted by atomic mass is 16.7. The number of aliphatic hydroxyl groups excluding tert-OH is 1. The van der Waals surface area contributed by atoms with Crippen LogP contribution in [0.25, 0.3) is 18.2 Å². The topological polar surface area (TPSA) is 65.0 Å². The Kier molecular flexibility index (Phi) is 8.97. The molecule has 0 aliphatic rings. The van der Waals surface area contributed by atoms with Crippen LogP contribution >= 0.6 is 0 Å². The minimum Gasteiger partial charge on any atom is -0.465 e. The van der Waals surface area contributed by atoms with Gasteiger partial charge in [0.25, 0.3) is 0 Å². The summed E-state index contributed by atoms with van der Waals surface area (Å²) < 4.78 is 16.0. The third-order valence-electron chi connectivity index (χ3n) is 5.01. The Bertz CT molecular complexity index is 1130. The minimum absolute atomic E-state index is 0.293. The van der Waals surface area contributed by atoms with Gasteiger partial charge in [-0.3, -0.25) is 0 Å². The highest BCUT2D eigenvalue weighted by Gasteiger charge is 2.19. The summed E-state index contributed by atoms with van der Waals surface area (Å²) in [5.74, 6) is 0.385. The number of ether oxygens (including phenoxy) is 3. The summed E-state index contributed by atoms with van der Waals surface area (Å²) in [4.78, 5) is 12.3. The van der Waals surface area contributed by atoms with Gasteiger partial charge in [0, 0.05) is 7.11 Å². The van der Waals surface area contributed by atoms with Crippen LogP contribution in [0.1, 0.15) is 35.3 Å². The Labute approximate surface area is 200 Å². The zero-order chi connectivity index (χ0) is 24.3. The lowest BCUT2D eigenvalue weighted by molar-refractivity contribution is -0.144. The molecule has 174 valence electrons. The van der Waals surface area contributed by atoms with Crippen LogP contribution in [-0.2, 0) is 9.53 Å². The molecule has 0 spiro atoms. The van der Waals surface area contributed by atoms with Gasteiger partial charge in [0.05, 0.1) is 0 Å². The Hall–Kier alpha value is -3.93. The maximum Gasteiger partial charge on any atom is 0.345 e. The lowest BCUT2D eigenvalue weighted by Gasteiger charge is -2.12. The maximum absolute atomic E-state index is 12.3. The lowest BCUT2D eigenvalue weighted by atomic mass is 10.1. The first-order valence-corrected chi connectivity index (χ1v) is 10.8. The summed E-state index contributed by atoms with van der Waals surface area (Å²) in [6.45, 7) is 5.52. The number of rotatable bonds is 10. The van der Waals surface area contributed by atoms with Gasteiger partial charge in [-0.2, -0.15) is 0 Å². The normalized spacial score (nSPS) is 13.0. The summed E-state index contributed by atoms with van der Waals surface area (Å²) in [6.07, 6.45) is 7.84. The molecule has 0 heterocycles. The second-order valence-corrected chi connectivity index (χ2v) is 7.47. The number of hydrogen-bond acceptors (Lipinski definition) is 5. The molecule has 3 aromatic rings. The molecule has 2 unspecified atom stereocenters. The van der Waals surface area contributed by atoms with Crippen LogP contribution in [0.5, 0.6) is 11.5 Å². The van der Waals surface area contributed by atoms with E-state index in [0.29, 0.717) is 11.3 Å². The molecule has 34 heavy (non-hydrogen) atoms. The summed E-state index contributed by atoms with van der Waals surface area (Å²) in [6, 6.07) is 21.7. The van der Waals surface area contributed by atoms with Gasteiger partial charge >= 0.3 is 5.97 Å². The molecular weight excluding hydrogens is 428 g/mol. The van der Waals surface area contributed by atoms with E-state index in [1.165, 1.54) is 0 Å². The predicted octanol–water partition coefficient (Wildman–Crippen LogP) is 6.07. The first kappa shape index (κ1) is 24.7. The second kappa shape index (κ2) is 12.3. The van der Waals surface area contributed by atoms with Crippen molar-refractivity contribution < 1.29 is 24.1 Å². The van der Waals surface area contributed by atoms with Gasteiger partial charge in [-0.15, -0.1) is 0 Å². The van der Waals surface area contributed by atoms with Gasteiger partial charge in [0.15, 0.2) is 12.4 Å². The monoisotopic (exact) mass is 456 g/mol. The first-order valence-electron chi connectivity index (χ1n) is 10.8. The van der Waals surface area contributed by atoms with Gasteiger partial charge in [-0.25, -0.2) is 4.79 Å². The van der Waals surface area contributed by atoms with E-state index in [1.807, 2.05) is 67.6 Å². The third-order valence-corrected chi connectivity index (χ3v) is 5.01. The number of carbonyl (C=O) groups excluding carboxylic acids is 1. The Morgan fingerprint density at radius 1 is 0.824 bits per heavy atom. The Morgan fingerprint density at radius 2 is 1.32 bits per heavy atom. The molecule has 0 bridgehead atoms. The molecule has 5 nitrogen and oxygen atoms in total. The minimum atomic E-state index is -1.35. The van der Waals surface area contributed by atoms with Crippen LogP contribution in [0.3, 0.4) is 0 Å². The average Bonchev–Trinajstić information content (AvgIpc) is 2.88. The van der Waals surface area contributed by atoms with Crippen LogP contribution in [0, 0.1) is 0 Å². The molecule has 3 aromatic carbocycles. The van der Waals surface area contributed by atoms with Crippen molar-refractivity contribution in [3.05, 3.63) is 114 Å². The largest absolute Gasteiger partial charge is 0.465 e. The van der Waals surface area contributed by atoms with Gasteiger partial charge in [-0.05, 0) is 53.4 Å². The van der Waals surface area contributed by atoms with Crippen molar-refractivity contribution in [3.8, 4) is 11.5 Å². The molecule has 0 saturated carbocycles. The van der Waals surface area contributed by atoms with Gasteiger partial charge in [0.1, 0.15) is 11.5 Å². The van der Waals surface area contributed by atoms with Crippen LogP contribution in [0.4, 0.5) is 0 Å². The first-order chi connectivity index (χ1) is 16.5. The molecule has 1 N–H and O–H groups in total. The summed E-state index contributed by atoms with van der Waals surface area (Å²) in [5.41, 5.74) is 3.36. The molecule has 2 atom stereocenters. The summed E-state index contributed by atoms with van der Waals surface area (Å²) in [7, 11) is 1.60. The van der Waals surface area contributed by atoms with E-state index < -0.39 is 12.1 Å². The van der Waals surface area contributed by atoms with Gasteiger partial charge in [-0.1, -0.05) is 85.5 Å². The van der Waals surface area contributed by atoms with Crippen molar-refractivity contribution in [2.24, 2.45) is 0 Å². The zero-order valence-electron chi connectivity index (χ0n) is 19.3. The van der Waals surface area contributed by atoms with Crippen molar-refractivity contribution in [3.63, 3.8) is 0 Å². The van der Waals surface area contributed by atoms with Crippen LogP contribution in [0.2, 0.25) is 0 Å². The second-order valence-electron chi connectivity index (χ2n) is 7.47. The fourth-order valence-electron chi connectivity index (χ4n) is 3.00. The molecule has 3 rings (SSSR count). The van der Waals surface area contributed by atoms with Crippen LogP contribution in [-0.4, -0.2) is 24.5 Å². The van der Waals surface area contributed by atoms with Gasteiger partial charge < -0.3 is 19.3 Å². The van der Waals surface area contributed by atoms with Crippen molar-refractivity contribution in [2.45, 2.75) is 19.3 Å². The maximum atomic E-state index is 12.3. The highest BCUT2D eigenvalue weighted by Crippen LogP contribution is 2.20. The van der Waals surface area contributed by atoms with Gasteiger partial charge in [0.2, 0.25) is 0 Å². The standard InChI is InChI=1S/C29H28O5/c1-4-22-9-15-25(16-10-22)28(30)29(31)34-27-19-13-24(14-20-27)8-6-5-7-23-11-17-26(18-12-23)33-21(2)32-3/h4-21,28,30H,1H2,2-3H3. The fourth-order valence-corrected chi connectivity index (χ4v) is 3.00. The van der Waals surface area contributed by atoms with E-state index in [1.54, 1.807) is 49.6 Å². The van der Waals surface area contributed by atoms with Crippen molar-refractivity contribution >= 4 is 24.2 Å². The number of carbonyl (C=O) groups is 1. The quantitative estimate of drug-likeness (QED) is 0.174. The lowest BCUT2D eigenvalue weighted by Crippen LogP contribution is -2.18. The third kappa shape index (κ3) is 7.30. The molecule has 5 heteroatoms. The number of methoxy groups -OCH3 is 1. The number of aliphatic hydroxyl groups is 1. The van der Waals surface area contributed by atoms with E-state index in [-0.39, 0.29) is 6.29 Å². The van der Waals surface area contributed by atoms with E-state index in [4.69, 9.17) is 14.2 Å². The summed E-state index contributed by atoms with van der Waals surface area (Å²) in [5, 5.41) is 10.2. The van der Waals surface area contributed by atoms with Crippen molar-refractivity contribution in [1.82, 2.24) is 0 Å². The Balaban J connectivity index is 1.51. The molecule has 0 aliphatic carbocycles. The Morgan fingerprint density at radius 3 is 1.82 bits per heavy atom. The molecule has 0 aromatic heterocycles. The number of hydrogen-bond donors (Lipinski definition) is 1. The van der Waals surface area contributed by atoms with Crippen LogP contribution < -0.4 is 9.47 Å². The summed E-state index contributed by atoms with van der Waals surface area (Å²) >= 11 is 0. The fraction of sp³-hybridized carbons (Fsp3) is 0.138. The molecule has 0 saturated heterocycles. The van der Waals surface area contributed by atoms with E-state index >= 15 is 0 Å². The van der Waals surface area contributed by atoms with Crippen molar-refractivity contribution in [1.29, 1.82) is 0 Å². The van der Waals surface area contributed by atoms with Crippen LogP contribution in [0.15, 0.2) is 91.5 Å². The smallest absolute Gasteiger partial charge is 0.345 e. The zero-order valence-corrected chi connectivity index (χ0v) is 19.3. The number of esters is 1. The molecular formula is C29H28O5. The molecule has 0 aliphatic heterocycles. The van der Waals surface area contributed by atoms with Crippen molar-refractivity contribution in [2.75, 3.05) is 7.11 Å². The predicted molar refractivity (Wildman–Crippen MR) is 135 cm³/mol.